The lowest BCUT2D eigenvalue weighted by Gasteiger charge is -2.10. The lowest BCUT2D eigenvalue weighted by Crippen LogP contribution is -2.15. The van der Waals surface area contributed by atoms with E-state index in [1.807, 2.05) is 0 Å². The highest BCUT2D eigenvalue weighted by Gasteiger charge is 2.11. The number of carboxylic acid groups (broad SMARTS) is 1. The summed E-state index contributed by atoms with van der Waals surface area (Å²) in [5.41, 5.74) is 0. The van der Waals surface area contributed by atoms with Gasteiger partial charge in [0.25, 0.3) is 0 Å². The summed E-state index contributed by atoms with van der Waals surface area (Å²) >= 11 is 1.30. The highest BCUT2D eigenvalue weighted by molar-refractivity contribution is 8.00. The van der Waals surface area contributed by atoms with Gasteiger partial charge < -0.3 is 9.84 Å². The maximum Gasteiger partial charge on any atom is 0.316 e. The summed E-state index contributed by atoms with van der Waals surface area (Å²) < 4.78 is 4.90. The van der Waals surface area contributed by atoms with Gasteiger partial charge in [-0.05, 0) is 13.8 Å². The summed E-state index contributed by atoms with van der Waals surface area (Å²) in [7, 11) is 0. The number of ether oxygens (including phenoxy) is 1. The van der Waals surface area contributed by atoms with Crippen molar-refractivity contribution < 1.29 is 19.4 Å². The Labute approximate surface area is 88.0 Å². The summed E-state index contributed by atoms with van der Waals surface area (Å²) in [5.74, 6) is -0.920. The van der Waals surface area contributed by atoms with Crippen molar-refractivity contribution in [1.82, 2.24) is 0 Å². The maximum atomic E-state index is 11.1. The Morgan fingerprint density at radius 2 is 1.93 bits per heavy atom. The second-order valence-electron chi connectivity index (χ2n) is 3.26. The van der Waals surface area contributed by atoms with E-state index in [0.29, 0.717) is 0 Å². The normalized spacial score (nSPS) is 12.6. The first-order chi connectivity index (χ1) is 6.41. The van der Waals surface area contributed by atoms with E-state index in [-0.39, 0.29) is 29.5 Å². The van der Waals surface area contributed by atoms with Crippen LogP contribution in [0.5, 0.6) is 0 Å². The maximum absolute atomic E-state index is 11.1. The molecule has 1 atom stereocenters. The molecule has 14 heavy (non-hydrogen) atoms. The monoisotopic (exact) mass is 220 g/mol. The molecule has 82 valence electrons. The molecule has 1 N–H and O–H groups in total. The summed E-state index contributed by atoms with van der Waals surface area (Å²) in [5, 5.41) is 8.40. The van der Waals surface area contributed by atoms with Crippen molar-refractivity contribution in [1.29, 1.82) is 0 Å². The third kappa shape index (κ3) is 7.91. The molecule has 0 amide bonds. The van der Waals surface area contributed by atoms with Gasteiger partial charge in [-0.2, -0.15) is 0 Å². The smallest absolute Gasteiger partial charge is 0.316 e. The highest BCUT2D eigenvalue weighted by Crippen LogP contribution is 2.14. The van der Waals surface area contributed by atoms with Gasteiger partial charge in [-0.15, -0.1) is 11.8 Å². The number of aliphatic carboxylic acids is 1. The van der Waals surface area contributed by atoms with Crippen LogP contribution >= 0.6 is 11.8 Å². The predicted octanol–water partition coefficient (Wildman–Crippen LogP) is 1.53. The first kappa shape index (κ1) is 13.3. The van der Waals surface area contributed by atoms with Gasteiger partial charge in [0.2, 0.25) is 0 Å². The highest BCUT2D eigenvalue weighted by atomic mass is 32.2. The molecular formula is C9H16O4S. The zero-order valence-corrected chi connectivity index (χ0v) is 9.47. The topological polar surface area (TPSA) is 63.6 Å². The molecule has 0 spiro atoms. The van der Waals surface area contributed by atoms with Crippen molar-refractivity contribution in [2.45, 2.75) is 38.5 Å². The largest absolute Gasteiger partial charge is 0.481 e. The van der Waals surface area contributed by atoms with Gasteiger partial charge in [-0.1, -0.05) is 6.92 Å². The molecule has 0 bridgehead atoms. The molecular weight excluding hydrogens is 204 g/mol. The van der Waals surface area contributed by atoms with E-state index in [1.165, 1.54) is 11.8 Å². The fraction of sp³-hybridized carbons (Fsp3) is 0.778. The Hall–Kier alpha value is -0.710. The minimum Gasteiger partial charge on any atom is -0.481 e. The van der Waals surface area contributed by atoms with Crippen LogP contribution < -0.4 is 0 Å². The first-order valence-electron chi connectivity index (χ1n) is 4.44. The molecule has 0 saturated carbocycles. The Balaban J connectivity index is 3.61. The summed E-state index contributed by atoms with van der Waals surface area (Å²) in [4.78, 5) is 21.4. The number of thioether (sulfide) groups is 1. The first-order valence-corrected chi connectivity index (χ1v) is 5.49. The van der Waals surface area contributed by atoms with Crippen LogP contribution in [0.2, 0.25) is 0 Å². The number of carbonyl (C=O) groups is 2. The van der Waals surface area contributed by atoms with E-state index in [1.54, 1.807) is 20.8 Å². The molecule has 0 rings (SSSR count). The molecule has 0 saturated heterocycles. The molecule has 0 aliphatic heterocycles. The van der Waals surface area contributed by atoms with E-state index in [4.69, 9.17) is 9.84 Å². The predicted molar refractivity (Wildman–Crippen MR) is 55.4 cm³/mol. The molecule has 1 unspecified atom stereocenters. The van der Waals surface area contributed by atoms with Crippen molar-refractivity contribution in [3.63, 3.8) is 0 Å². The van der Waals surface area contributed by atoms with Crippen molar-refractivity contribution in [3.8, 4) is 0 Å². The molecule has 0 aromatic carbocycles. The van der Waals surface area contributed by atoms with Crippen LogP contribution in [0.25, 0.3) is 0 Å². The molecule has 0 aliphatic carbocycles. The van der Waals surface area contributed by atoms with Gasteiger partial charge in [0.15, 0.2) is 0 Å². The Kier molecular flexibility index (Phi) is 6.36. The standard InChI is InChI=1S/C9H16O4S/c1-6(2)13-9(12)5-14-7(3)4-8(10)11/h6-7H,4-5H2,1-3H3,(H,10,11). The van der Waals surface area contributed by atoms with Crippen LogP contribution in [0.3, 0.4) is 0 Å². The molecule has 0 heterocycles. The van der Waals surface area contributed by atoms with Crippen LogP contribution in [-0.2, 0) is 14.3 Å². The number of rotatable bonds is 6. The van der Waals surface area contributed by atoms with E-state index in [2.05, 4.69) is 0 Å². The zero-order valence-electron chi connectivity index (χ0n) is 8.65. The Bertz CT molecular complexity index is 203. The molecule has 4 nitrogen and oxygen atoms in total. The van der Waals surface area contributed by atoms with Crippen LogP contribution in [-0.4, -0.2) is 34.2 Å². The van der Waals surface area contributed by atoms with E-state index >= 15 is 0 Å². The SMILES string of the molecule is CC(C)OC(=O)CSC(C)CC(=O)O. The van der Waals surface area contributed by atoms with E-state index < -0.39 is 5.97 Å². The lowest BCUT2D eigenvalue weighted by atomic mass is 10.3. The molecule has 0 aromatic heterocycles. The number of carbonyl (C=O) groups excluding carboxylic acids is 1. The Morgan fingerprint density at radius 1 is 1.36 bits per heavy atom. The third-order valence-corrected chi connectivity index (χ3v) is 2.45. The number of hydrogen-bond acceptors (Lipinski definition) is 4. The second-order valence-corrected chi connectivity index (χ2v) is 4.68. The van der Waals surface area contributed by atoms with Gasteiger partial charge in [-0.3, -0.25) is 9.59 Å². The fourth-order valence-electron chi connectivity index (χ4n) is 0.812. The second kappa shape index (κ2) is 6.70. The van der Waals surface area contributed by atoms with Crippen molar-refractivity contribution in [2.75, 3.05) is 5.75 Å². The van der Waals surface area contributed by atoms with Crippen molar-refractivity contribution in [2.24, 2.45) is 0 Å². The van der Waals surface area contributed by atoms with Gasteiger partial charge in [0.05, 0.1) is 18.3 Å². The molecule has 0 radical (unpaired) electrons. The van der Waals surface area contributed by atoms with Gasteiger partial charge in [-0.25, -0.2) is 0 Å². The van der Waals surface area contributed by atoms with Gasteiger partial charge in [0, 0.05) is 5.25 Å². The summed E-state index contributed by atoms with van der Waals surface area (Å²) in [6.07, 6.45) is -0.0440. The minimum atomic E-state index is -0.845. The molecule has 5 heteroatoms. The zero-order chi connectivity index (χ0) is 11.1. The van der Waals surface area contributed by atoms with Crippen LogP contribution in [0.1, 0.15) is 27.2 Å². The minimum absolute atomic E-state index is 0.0628. The van der Waals surface area contributed by atoms with Crippen molar-refractivity contribution >= 4 is 23.7 Å². The number of esters is 1. The van der Waals surface area contributed by atoms with Crippen molar-refractivity contribution in [3.05, 3.63) is 0 Å². The molecule has 0 aliphatic rings. The fourth-order valence-corrected chi connectivity index (χ4v) is 1.56. The summed E-state index contributed by atoms with van der Waals surface area (Å²) in [6.45, 7) is 5.34. The molecule has 0 aromatic rings. The van der Waals surface area contributed by atoms with Gasteiger partial charge in [0.1, 0.15) is 0 Å². The van der Waals surface area contributed by atoms with Gasteiger partial charge >= 0.3 is 11.9 Å². The van der Waals surface area contributed by atoms with Crippen LogP contribution in [0.4, 0.5) is 0 Å². The van der Waals surface area contributed by atoms with Crippen LogP contribution in [0, 0.1) is 0 Å². The summed E-state index contributed by atoms with van der Waals surface area (Å²) in [6, 6.07) is 0. The quantitative estimate of drug-likeness (QED) is 0.688. The Morgan fingerprint density at radius 3 is 2.36 bits per heavy atom. The molecule has 0 fully saturated rings. The third-order valence-electron chi connectivity index (χ3n) is 1.31. The van der Waals surface area contributed by atoms with E-state index in [0.717, 1.165) is 0 Å². The average Bonchev–Trinajstić information content (AvgIpc) is 1.98. The number of hydrogen-bond donors (Lipinski definition) is 1. The lowest BCUT2D eigenvalue weighted by molar-refractivity contribution is -0.144. The number of carboxylic acids is 1. The van der Waals surface area contributed by atoms with Crippen LogP contribution in [0.15, 0.2) is 0 Å². The average molecular weight is 220 g/mol. The van der Waals surface area contributed by atoms with E-state index in [9.17, 15) is 9.59 Å².